The van der Waals surface area contributed by atoms with Crippen LogP contribution in [0.25, 0.3) is 0 Å². The Morgan fingerprint density at radius 2 is 1.65 bits per heavy atom. The first kappa shape index (κ1) is 26.3. The van der Waals surface area contributed by atoms with Gasteiger partial charge in [0.05, 0.1) is 11.6 Å². The summed E-state index contributed by atoms with van der Waals surface area (Å²) in [6.45, 7) is 5.93. The molecule has 0 radical (unpaired) electrons. The SMILES string of the molecule is CC(C)(C)OC(=O)NCc1ccc(CN=C2Nc3c(Oc4ccccc4Cl)cccc3S(=O)(=O)N2)cc1. The zero-order valence-corrected chi connectivity index (χ0v) is 22.1. The number of carbonyl (C=O) groups excluding carboxylic acids is 1. The lowest BCUT2D eigenvalue weighted by Crippen LogP contribution is -2.40. The van der Waals surface area contributed by atoms with E-state index in [1.54, 1.807) is 57.2 Å². The number of fused-ring (bicyclic) bond motifs is 1. The highest BCUT2D eigenvalue weighted by Crippen LogP contribution is 2.38. The second-order valence-corrected chi connectivity index (χ2v) is 11.3. The van der Waals surface area contributed by atoms with Gasteiger partial charge in [-0.2, -0.15) is 0 Å². The number of amides is 1. The second-order valence-electron chi connectivity index (χ2n) is 9.23. The highest BCUT2D eigenvalue weighted by molar-refractivity contribution is 7.90. The maximum absolute atomic E-state index is 12.9. The largest absolute Gasteiger partial charge is 0.454 e. The maximum atomic E-state index is 12.9. The molecule has 37 heavy (non-hydrogen) atoms. The fraction of sp³-hybridized carbons (Fsp3) is 0.231. The molecule has 1 heterocycles. The van der Waals surface area contributed by atoms with Crippen LogP contribution in [0.4, 0.5) is 10.5 Å². The number of aliphatic imine (C=N–C) groups is 1. The Balaban J connectivity index is 1.45. The Bertz CT molecular complexity index is 1430. The second kappa shape index (κ2) is 10.7. The van der Waals surface area contributed by atoms with E-state index in [-0.39, 0.29) is 23.1 Å². The Labute approximate surface area is 220 Å². The molecule has 0 bridgehead atoms. The molecule has 0 saturated heterocycles. The number of ether oxygens (including phenoxy) is 2. The quantitative estimate of drug-likeness (QED) is 0.383. The number of benzene rings is 3. The van der Waals surface area contributed by atoms with Crippen LogP contribution in [0.5, 0.6) is 11.5 Å². The molecule has 3 N–H and O–H groups in total. The monoisotopic (exact) mass is 542 g/mol. The number of para-hydroxylation sites is 2. The molecule has 1 amide bonds. The Morgan fingerprint density at radius 1 is 0.973 bits per heavy atom. The van der Waals surface area contributed by atoms with E-state index in [0.717, 1.165) is 11.1 Å². The van der Waals surface area contributed by atoms with Gasteiger partial charge in [-0.05, 0) is 56.2 Å². The number of carbonyl (C=O) groups is 1. The van der Waals surface area contributed by atoms with Crippen molar-refractivity contribution in [2.24, 2.45) is 4.99 Å². The average Bonchev–Trinajstić information content (AvgIpc) is 2.82. The van der Waals surface area contributed by atoms with Gasteiger partial charge >= 0.3 is 6.09 Å². The number of nitrogens with one attached hydrogen (secondary N) is 3. The zero-order valence-electron chi connectivity index (χ0n) is 20.5. The van der Waals surface area contributed by atoms with Crippen LogP contribution in [0.1, 0.15) is 31.9 Å². The van der Waals surface area contributed by atoms with Gasteiger partial charge in [0, 0.05) is 6.54 Å². The summed E-state index contributed by atoms with van der Waals surface area (Å²) in [5, 5.41) is 6.13. The van der Waals surface area contributed by atoms with E-state index in [9.17, 15) is 13.2 Å². The average molecular weight is 543 g/mol. The number of rotatable bonds is 6. The number of alkyl carbamates (subject to hydrolysis) is 1. The Hall–Kier alpha value is -3.76. The van der Waals surface area contributed by atoms with Crippen molar-refractivity contribution in [3.05, 3.63) is 82.9 Å². The minimum absolute atomic E-state index is 0.0397. The zero-order chi connectivity index (χ0) is 26.6. The topological polar surface area (TPSA) is 118 Å². The molecule has 0 saturated carbocycles. The summed E-state index contributed by atoms with van der Waals surface area (Å²) in [7, 11) is -3.86. The lowest BCUT2D eigenvalue weighted by molar-refractivity contribution is 0.0523. The molecule has 1 aliphatic rings. The third-order valence-corrected chi connectivity index (χ3v) is 6.78. The van der Waals surface area contributed by atoms with Crippen molar-refractivity contribution in [3.63, 3.8) is 0 Å². The highest BCUT2D eigenvalue weighted by Gasteiger charge is 2.29. The molecule has 4 rings (SSSR count). The summed E-state index contributed by atoms with van der Waals surface area (Å²) >= 11 is 6.20. The number of hydrogen-bond donors (Lipinski definition) is 3. The highest BCUT2D eigenvalue weighted by atomic mass is 35.5. The molecule has 194 valence electrons. The van der Waals surface area contributed by atoms with Crippen LogP contribution < -0.4 is 20.1 Å². The molecule has 0 aromatic heterocycles. The van der Waals surface area contributed by atoms with Gasteiger partial charge in [-0.3, -0.25) is 0 Å². The van der Waals surface area contributed by atoms with Gasteiger partial charge in [-0.15, -0.1) is 0 Å². The lowest BCUT2D eigenvalue weighted by Gasteiger charge is -2.23. The van der Waals surface area contributed by atoms with Crippen molar-refractivity contribution in [1.29, 1.82) is 0 Å². The summed E-state index contributed by atoms with van der Waals surface area (Å²) in [6, 6.07) is 19.1. The minimum Gasteiger partial charge on any atom is -0.454 e. The molecular formula is C26H27ClN4O5S. The van der Waals surface area contributed by atoms with Crippen LogP contribution in [-0.2, 0) is 27.8 Å². The van der Waals surface area contributed by atoms with Crippen LogP contribution >= 0.6 is 11.6 Å². The smallest absolute Gasteiger partial charge is 0.407 e. The molecule has 0 unspecified atom stereocenters. The Kier molecular flexibility index (Phi) is 7.60. The third-order valence-electron chi connectivity index (χ3n) is 5.09. The number of hydrogen-bond acceptors (Lipinski definition) is 6. The van der Waals surface area contributed by atoms with Crippen LogP contribution in [0.2, 0.25) is 5.02 Å². The van der Waals surface area contributed by atoms with E-state index in [0.29, 0.717) is 23.1 Å². The van der Waals surface area contributed by atoms with Gasteiger partial charge in [-0.1, -0.05) is 54.1 Å². The van der Waals surface area contributed by atoms with Gasteiger partial charge < -0.3 is 20.1 Å². The van der Waals surface area contributed by atoms with Gasteiger partial charge in [0.15, 0.2) is 5.75 Å². The van der Waals surface area contributed by atoms with E-state index >= 15 is 0 Å². The number of sulfonamides is 1. The molecule has 3 aromatic rings. The Morgan fingerprint density at radius 3 is 2.35 bits per heavy atom. The van der Waals surface area contributed by atoms with Crippen molar-refractivity contribution in [1.82, 2.24) is 10.0 Å². The first-order valence-electron chi connectivity index (χ1n) is 11.4. The normalized spacial score (nSPS) is 15.2. The summed E-state index contributed by atoms with van der Waals surface area (Å²) < 4.78 is 39.3. The van der Waals surface area contributed by atoms with E-state index in [1.807, 2.05) is 24.3 Å². The summed E-state index contributed by atoms with van der Waals surface area (Å²) in [4.78, 5) is 16.3. The molecular weight excluding hydrogens is 516 g/mol. The van der Waals surface area contributed by atoms with E-state index in [4.69, 9.17) is 21.1 Å². The molecule has 1 aliphatic heterocycles. The molecule has 9 nitrogen and oxygen atoms in total. The molecule has 11 heteroatoms. The summed E-state index contributed by atoms with van der Waals surface area (Å²) in [5.41, 5.74) is 1.43. The minimum atomic E-state index is -3.86. The third kappa shape index (κ3) is 6.93. The molecule has 0 atom stereocenters. The lowest BCUT2D eigenvalue weighted by atomic mass is 10.1. The summed E-state index contributed by atoms with van der Waals surface area (Å²) in [6.07, 6.45) is -0.489. The van der Waals surface area contributed by atoms with Gasteiger partial charge in [0.2, 0.25) is 5.96 Å². The van der Waals surface area contributed by atoms with Crippen molar-refractivity contribution in [3.8, 4) is 11.5 Å². The van der Waals surface area contributed by atoms with E-state index < -0.39 is 21.7 Å². The number of nitrogens with zero attached hydrogens (tertiary/aromatic N) is 1. The van der Waals surface area contributed by atoms with Crippen LogP contribution in [-0.4, -0.2) is 26.1 Å². The van der Waals surface area contributed by atoms with Gasteiger partial charge in [0.1, 0.15) is 21.9 Å². The molecule has 3 aromatic carbocycles. The van der Waals surface area contributed by atoms with Crippen molar-refractivity contribution >= 4 is 39.4 Å². The molecule has 0 aliphatic carbocycles. The van der Waals surface area contributed by atoms with E-state index in [1.165, 1.54) is 6.07 Å². The predicted octanol–water partition coefficient (Wildman–Crippen LogP) is 5.42. The van der Waals surface area contributed by atoms with Gasteiger partial charge in [-0.25, -0.2) is 22.9 Å². The van der Waals surface area contributed by atoms with Gasteiger partial charge in [0.25, 0.3) is 10.0 Å². The van der Waals surface area contributed by atoms with Crippen LogP contribution in [0.15, 0.2) is 76.6 Å². The first-order valence-corrected chi connectivity index (χ1v) is 13.3. The summed E-state index contributed by atoms with van der Waals surface area (Å²) in [5.74, 6) is 0.763. The number of halogens is 1. The molecule has 0 fully saturated rings. The van der Waals surface area contributed by atoms with Crippen LogP contribution in [0.3, 0.4) is 0 Å². The van der Waals surface area contributed by atoms with E-state index in [2.05, 4.69) is 20.3 Å². The van der Waals surface area contributed by atoms with Crippen LogP contribution in [0, 0.1) is 0 Å². The standard InChI is InChI=1S/C26H27ClN4O5S/c1-26(2,3)36-25(32)29-16-18-13-11-17(12-14-18)15-28-24-30-23-21(35-20-8-5-4-7-19(20)27)9-6-10-22(23)37(33,34)31-24/h4-14H,15-16H2,1-3H3,(H,29,32)(H2,28,30,31). The fourth-order valence-corrected chi connectivity index (χ4v) is 4.74. The van der Waals surface area contributed by atoms with Crippen molar-refractivity contribution < 1.29 is 22.7 Å². The van der Waals surface area contributed by atoms with Crippen molar-refractivity contribution in [2.75, 3.05) is 5.32 Å². The first-order chi connectivity index (χ1) is 17.5. The fourth-order valence-electron chi connectivity index (χ4n) is 3.41. The maximum Gasteiger partial charge on any atom is 0.407 e. The number of anilines is 1. The predicted molar refractivity (Wildman–Crippen MR) is 143 cm³/mol. The number of guanidine groups is 1. The van der Waals surface area contributed by atoms with Crippen molar-refractivity contribution in [2.45, 2.75) is 44.4 Å². The molecule has 0 spiro atoms.